The number of amides is 1. The van der Waals surface area contributed by atoms with Gasteiger partial charge in [-0.1, -0.05) is 19.3 Å². The third kappa shape index (κ3) is 5.88. The van der Waals surface area contributed by atoms with Crippen molar-refractivity contribution in [3.8, 4) is 0 Å². The van der Waals surface area contributed by atoms with E-state index in [1.807, 2.05) is 7.05 Å². The van der Waals surface area contributed by atoms with Gasteiger partial charge in [0.1, 0.15) is 0 Å². The predicted octanol–water partition coefficient (Wildman–Crippen LogP) is 0.546. The van der Waals surface area contributed by atoms with Gasteiger partial charge in [-0.2, -0.15) is 0 Å². The van der Waals surface area contributed by atoms with Crippen molar-refractivity contribution in [3.63, 3.8) is 0 Å². The number of hydrogen-bond acceptors (Lipinski definition) is 4. The summed E-state index contributed by atoms with van der Waals surface area (Å²) in [5, 5.41) is 17.7. The zero-order valence-electron chi connectivity index (χ0n) is 12.3. The van der Waals surface area contributed by atoms with Crippen LogP contribution in [0.15, 0.2) is 0 Å². The van der Waals surface area contributed by atoms with Crippen LogP contribution in [0.5, 0.6) is 0 Å². The highest BCUT2D eigenvalue weighted by molar-refractivity contribution is 5.78. The molecule has 0 heterocycles. The first-order valence-electron chi connectivity index (χ1n) is 7.35. The first-order valence-corrected chi connectivity index (χ1v) is 7.35. The van der Waals surface area contributed by atoms with Crippen LogP contribution in [0, 0.1) is 0 Å². The Hall–Kier alpha value is -1.14. The van der Waals surface area contributed by atoms with Crippen molar-refractivity contribution < 1.29 is 19.8 Å². The first kappa shape index (κ1) is 16.9. The maximum Gasteiger partial charge on any atom is 0.304 e. The van der Waals surface area contributed by atoms with Crippen molar-refractivity contribution >= 4 is 11.9 Å². The Morgan fingerprint density at radius 2 is 1.80 bits per heavy atom. The largest absolute Gasteiger partial charge is 0.481 e. The summed E-state index contributed by atoms with van der Waals surface area (Å²) in [5.74, 6) is -0.878. The number of aliphatic hydroxyl groups excluding tert-OH is 1. The molecule has 0 aromatic carbocycles. The van der Waals surface area contributed by atoms with Gasteiger partial charge in [-0.3, -0.25) is 14.5 Å². The van der Waals surface area contributed by atoms with E-state index in [1.54, 1.807) is 9.80 Å². The molecular formula is C14H26N2O4. The quantitative estimate of drug-likeness (QED) is 0.681. The molecule has 20 heavy (non-hydrogen) atoms. The highest BCUT2D eigenvalue weighted by Gasteiger charge is 2.23. The summed E-state index contributed by atoms with van der Waals surface area (Å²) in [6, 6.07) is 0.312. The normalized spacial score (nSPS) is 16.4. The second kappa shape index (κ2) is 8.92. The minimum absolute atomic E-state index is 0.00994. The molecule has 0 aromatic rings. The summed E-state index contributed by atoms with van der Waals surface area (Å²) in [6.45, 7) is 0.735. The maximum atomic E-state index is 12.2. The van der Waals surface area contributed by atoms with Crippen LogP contribution < -0.4 is 0 Å². The van der Waals surface area contributed by atoms with Crippen molar-refractivity contribution in [2.24, 2.45) is 0 Å². The number of carboxylic acid groups (broad SMARTS) is 1. The Bertz CT molecular complexity index is 316. The van der Waals surface area contributed by atoms with Crippen molar-refractivity contribution in [1.29, 1.82) is 0 Å². The molecule has 1 fully saturated rings. The molecule has 0 bridgehead atoms. The molecule has 0 atom stereocenters. The summed E-state index contributed by atoms with van der Waals surface area (Å²) in [6.07, 6.45) is 5.67. The molecule has 1 saturated carbocycles. The van der Waals surface area contributed by atoms with E-state index in [0.29, 0.717) is 19.1 Å². The van der Waals surface area contributed by atoms with Crippen molar-refractivity contribution in [2.45, 2.75) is 44.6 Å². The van der Waals surface area contributed by atoms with Gasteiger partial charge in [-0.25, -0.2) is 0 Å². The van der Waals surface area contributed by atoms with Crippen LogP contribution in [0.2, 0.25) is 0 Å². The highest BCUT2D eigenvalue weighted by Crippen LogP contribution is 2.21. The fraction of sp³-hybridized carbons (Fsp3) is 0.857. The fourth-order valence-corrected chi connectivity index (χ4v) is 2.64. The minimum Gasteiger partial charge on any atom is -0.481 e. The number of nitrogens with zero attached hydrogens (tertiary/aromatic N) is 2. The molecule has 0 aliphatic heterocycles. The van der Waals surface area contributed by atoms with Gasteiger partial charge >= 0.3 is 5.97 Å². The number of rotatable bonds is 8. The Kier molecular flexibility index (Phi) is 7.54. The maximum absolute atomic E-state index is 12.2. The molecular weight excluding hydrogens is 260 g/mol. The van der Waals surface area contributed by atoms with E-state index < -0.39 is 5.97 Å². The van der Waals surface area contributed by atoms with E-state index >= 15 is 0 Å². The molecule has 1 aliphatic rings. The summed E-state index contributed by atoms with van der Waals surface area (Å²) in [5.41, 5.74) is 0. The molecule has 0 spiro atoms. The molecule has 6 heteroatoms. The van der Waals surface area contributed by atoms with Crippen molar-refractivity contribution in [2.75, 3.05) is 33.3 Å². The van der Waals surface area contributed by atoms with Crippen LogP contribution in [-0.4, -0.2) is 71.2 Å². The Balaban J connectivity index is 2.44. The number of carbonyl (C=O) groups is 2. The molecule has 1 rings (SSSR count). The van der Waals surface area contributed by atoms with Crippen LogP contribution in [-0.2, 0) is 9.59 Å². The minimum atomic E-state index is -0.888. The lowest BCUT2D eigenvalue weighted by molar-refractivity contribution is -0.139. The Morgan fingerprint density at radius 3 is 2.35 bits per heavy atom. The lowest BCUT2D eigenvalue weighted by Gasteiger charge is -2.33. The molecule has 0 radical (unpaired) electrons. The van der Waals surface area contributed by atoms with Gasteiger partial charge in [-0.05, 0) is 12.8 Å². The molecule has 2 N–H and O–H groups in total. The lowest BCUT2D eigenvalue weighted by Crippen LogP contribution is -2.45. The molecule has 1 amide bonds. The molecule has 1 aliphatic carbocycles. The van der Waals surface area contributed by atoms with Gasteiger partial charge in [0.2, 0.25) is 5.91 Å². The Labute approximate surface area is 120 Å². The van der Waals surface area contributed by atoms with E-state index in [0.717, 1.165) is 12.8 Å². The molecule has 116 valence electrons. The summed E-state index contributed by atoms with van der Waals surface area (Å²) in [7, 11) is 1.83. The average molecular weight is 286 g/mol. The Morgan fingerprint density at radius 1 is 1.15 bits per heavy atom. The van der Waals surface area contributed by atoms with Gasteiger partial charge < -0.3 is 15.1 Å². The van der Waals surface area contributed by atoms with Gasteiger partial charge in [-0.15, -0.1) is 0 Å². The van der Waals surface area contributed by atoms with Gasteiger partial charge in [0.15, 0.2) is 0 Å². The highest BCUT2D eigenvalue weighted by atomic mass is 16.4. The van der Waals surface area contributed by atoms with Crippen LogP contribution >= 0.6 is 0 Å². The third-order valence-electron chi connectivity index (χ3n) is 3.93. The van der Waals surface area contributed by atoms with Crippen LogP contribution in [0.3, 0.4) is 0 Å². The SMILES string of the molecule is CN(C(=O)CN(CCO)CCC(=O)O)C1CCCCC1. The second-order valence-electron chi connectivity index (χ2n) is 5.44. The van der Waals surface area contributed by atoms with Gasteiger partial charge in [0.25, 0.3) is 0 Å². The number of carboxylic acids is 1. The van der Waals surface area contributed by atoms with E-state index in [2.05, 4.69) is 0 Å². The smallest absolute Gasteiger partial charge is 0.304 e. The van der Waals surface area contributed by atoms with E-state index in [-0.39, 0.29) is 25.5 Å². The first-order chi connectivity index (χ1) is 9.54. The number of carbonyl (C=O) groups excluding carboxylic acids is 1. The number of aliphatic hydroxyl groups is 1. The lowest BCUT2D eigenvalue weighted by atomic mass is 9.94. The van der Waals surface area contributed by atoms with E-state index in [9.17, 15) is 9.59 Å². The number of hydrogen-bond donors (Lipinski definition) is 2. The number of aliphatic carboxylic acids is 1. The standard InChI is InChI=1S/C14H26N2O4/c1-15(12-5-3-2-4-6-12)13(18)11-16(9-10-17)8-7-14(19)20/h12,17H,2-11H2,1H3,(H,19,20). The third-order valence-corrected chi connectivity index (χ3v) is 3.93. The second-order valence-corrected chi connectivity index (χ2v) is 5.44. The zero-order valence-corrected chi connectivity index (χ0v) is 12.3. The predicted molar refractivity (Wildman–Crippen MR) is 75.4 cm³/mol. The van der Waals surface area contributed by atoms with E-state index in [1.165, 1.54) is 19.3 Å². The van der Waals surface area contributed by atoms with E-state index in [4.69, 9.17) is 10.2 Å². The monoisotopic (exact) mass is 286 g/mol. The molecule has 0 unspecified atom stereocenters. The molecule has 0 saturated heterocycles. The average Bonchev–Trinajstić information content (AvgIpc) is 2.45. The summed E-state index contributed by atoms with van der Waals surface area (Å²) >= 11 is 0. The van der Waals surface area contributed by atoms with Crippen LogP contribution in [0.25, 0.3) is 0 Å². The molecule has 0 aromatic heterocycles. The molecule has 6 nitrogen and oxygen atoms in total. The fourth-order valence-electron chi connectivity index (χ4n) is 2.64. The zero-order chi connectivity index (χ0) is 15.0. The number of likely N-dealkylation sites (N-methyl/N-ethyl adjacent to an activating group) is 1. The van der Waals surface area contributed by atoms with Gasteiger partial charge in [0.05, 0.1) is 19.6 Å². The van der Waals surface area contributed by atoms with Crippen LogP contribution in [0.4, 0.5) is 0 Å². The topological polar surface area (TPSA) is 81.1 Å². The van der Waals surface area contributed by atoms with Crippen molar-refractivity contribution in [3.05, 3.63) is 0 Å². The van der Waals surface area contributed by atoms with Crippen molar-refractivity contribution in [1.82, 2.24) is 9.80 Å². The van der Waals surface area contributed by atoms with Gasteiger partial charge in [0, 0.05) is 26.2 Å². The summed E-state index contributed by atoms with van der Waals surface area (Å²) < 4.78 is 0. The summed E-state index contributed by atoms with van der Waals surface area (Å²) in [4.78, 5) is 26.3. The van der Waals surface area contributed by atoms with Crippen LogP contribution in [0.1, 0.15) is 38.5 Å².